The van der Waals surface area contributed by atoms with Gasteiger partial charge < -0.3 is 0 Å². The molecule has 1 radical (unpaired) electrons. The van der Waals surface area contributed by atoms with Crippen LogP contribution in [-0.4, -0.2) is 12.2 Å². The average molecular weight is 97.5 g/mol. The lowest BCUT2D eigenvalue weighted by molar-refractivity contribution is 0.151. The summed E-state index contributed by atoms with van der Waals surface area (Å²) in [5.74, 6) is 0. The van der Waals surface area contributed by atoms with Crippen molar-refractivity contribution >= 4 is 11.6 Å². The molecule has 0 heterocycles. The maximum Gasteiger partial charge on any atom is 0.199 e. The fourth-order valence-corrected chi connectivity index (χ4v) is 0. The Bertz CT molecular complexity index is 23.6. The Labute approximate surface area is 34.4 Å². The summed E-state index contributed by atoms with van der Waals surface area (Å²) < 4.78 is 10.9. The molecule has 5 heavy (non-hydrogen) atoms. The van der Waals surface area contributed by atoms with Gasteiger partial charge >= 0.3 is 0 Å². The van der Waals surface area contributed by atoms with Gasteiger partial charge in [0, 0.05) is 0 Å². The Morgan fingerprint density at radius 1 is 2.00 bits per heavy atom. The smallest absolute Gasteiger partial charge is 0.199 e. The molecule has 0 aromatic heterocycles. The molecule has 0 bridgehead atoms. The van der Waals surface area contributed by atoms with E-state index in [2.05, 4.69) is 11.6 Å². The summed E-state index contributed by atoms with van der Waals surface area (Å²) in [6.07, 6.45) is 0. The van der Waals surface area contributed by atoms with Crippen molar-refractivity contribution in [2.45, 2.75) is 5.63 Å². The van der Waals surface area contributed by atoms with E-state index < -0.39 is 12.2 Å². The SMILES string of the molecule is [O]CC(F)Cl. The van der Waals surface area contributed by atoms with Crippen molar-refractivity contribution in [2.75, 3.05) is 6.61 Å². The van der Waals surface area contributed by atoms with Crippen LogP contribution in [0.15, 0.2) is 0 Å². The third-order valence-corrected chi connectivity index (χ3v) is 0.252. The highest BCUT2D eigenvalue weighted by Gasteiger charge is 1.92. The summed E-state index contributed by atoms with van der Waals surface area (Å²) in [6.45, 7) is -0.846. The summed E-state index contributed by atoms with van der Waals surface area (Å²) >= 11 is 4.48. The standard InChI is InChI=1S/C2H3ClFO/c3-2(4)1-5/h2H,1H2. The minimum absolute atomic E-state index is 0.846. The van der Waals surface area contributed by atoms with E-state index in [1.165, 1.54) is 0 Å². The van der Waals surface area contributed by atoms with Gasteiger partial charge in [0.05, 0.1) is 0 Å². The van der Waals surface area contributed by atoms with Crippen LogP contribution in [0.25, 0.3) is 0 Å². The summed E-state index contributed by atoms with van der Waals surface area (Å²) in [5, 5.41) is 9.12. The van der Waals surface area contributed by atoms with Crippen LogP contribution in [0.3, 0.4) is 0 Å². The summed E-state index contributed by atoms with van der Waals surface area (Å²) in [4.78, 5) is 0. The second kappa shape index (κ2) is 2.42. The van der Waals surface area contributed by atoms with E-state index in [0.717, 1.165) is 0 Å². The van der Waals surface area contributed by atoms with E-state index in [1.54, 1.807) is 0 Å². The largest absolute Gasteiger partial charge is 0.232 e. The van der Waals surface area contributed by atoms with Crippen LogP contribution in [0.4, 0.5) is 4.39 Å². The van der Waals surface area contributed by atoms with Gasteiger partial charge in [0.1, 0.15) is 6.61 Å². The molecule has 0 aliphatic rings. The molecule has 0 spiro atoms. The third-order valence-electron chi connectivity index (χ3n) is 0.126. The van der Waals surface area contributed by atoms with Crippen LogP contribution in [0.5, 0.6) is 0 Å². The maximum absolute atomic E-state index is 10.9. The Hall–Kier alpha value is 0.180. The first kappa shape index (κ1) is 5.18. The molecule has 0 N–H and O–H groups in total. The zero-order chi connectivity index (χ0) is 4.28. The average Bonchev–Trinajstić information content (AvgIpc) is 1.38. The van der Waals surface area contributed by atoms with Crippen LogP contribution in [0.2, 0.25) is 0 Å². The van der Waals surface area contributed by atoms with Gasteiger partial charge in [0.15, 0.2) is 5.63 Å². The number of alkyl halides is 2. The van der Waals surface area contributed by atoms with Gasteiger partial charge in [-0.2, -0.15) is 0 Å². The fourth-order valence-electron chi connectivity index (χ4n) is 0. The van der Waals surface area contributed by atoms with E-state index in [9.17, 15) is 4.39 Å². The molecule has 3 heteroatoms. The topological polar surface area (TPSA) is 19.9 Å². The van der Waals surface area contributed by atoms with Gasteiger partial charge in [-0.1, -0.05) is 11.6 Å². The molecule has 1 atom stereocenters. The van der Waals surface area contributed by atoms with E-state index >= 15 is 0 Å². The van der Waals surface area contributed by atoms with Crippen molar-refractivity contribution in [3.63, 3.8) is 0 Å². The zero-order valence-corrected chi connectivity index (χ0v) is 3.20. The molecular weight excluding hydrogens is 94.5 g/mol. The van der Waals surface area contributed by atoms with Gasteiger partial charge in [0.2, 0.25) is 0 Å². The Balaban J connectivity index is 2.54. The minimum atomic E-state index is -1.70. The van der Waals surface area contributed by atoms with E-state index in [1.807, 2.05) is 0 Å². The summed E-state index contributed by atoms with van der Waals surface area (Å²) in [7, 11) is 0. The highest BCUT2D eigenvalue weighted by molar-refractivity contribution is 6.19. The number of halogens is 2. The van der Waals surface area contributed by atoms with Gasteiger partial charge in [-0.25, -0.2) is 9.50 Å². The van der Waals surface area contributed by atoms with Gasteiger partial charge in [-0.15, -0.1) is 0 Å². The number of rotatable bonds is 1. The molecule has 0 fully saturated rings. The zero-order valence-electron chi connectivity index (χ0n) is 2.45. The molecule has 1 nitrogen and oxygen atoms in total. The van der Waals surface area contributed by atoms with Crippen LogP contribution in [-0.2, 0) is 5.11 Å². The first-order chi connectivity index (χ1) is 2.27. The molecule has 0 aliphatic carbocycles. The van der Waals surface area contributed by atoms with Crippen molar-refractivity contribution in [2.24, 2.45) is 0 Å². The van der Waals surface area contributed by atoms with Crippen LogP contribution >= 0.6 is 11.6 Å². The number of hydrogen-bond acceptors (Lipinski definition) is 0. The lowest BCUT2D eigenvalue weighted by atomic mass is 10.8. The molecule has 0 aromatic rings. The van der Waals surface area contributed by atoms with Crippen molar-refractivity contribution in [3.8, 4) is 0 Å². The van der Waals surface area contributed by atoms with Crippen molar-refractivity contribution in [3.05, 3.63) is 0 Å². The quantitative estimate of drug-likeness (QED) is 0.434. The molecule has 0 saturated carbocycles. The van der Waals surface area contributed by atoms with Crippen LogP contribution in [0.1, 0.15) is 0 Å². The highest BCUT2D eigenvalue weighted by Crippen LogP contribution is 1.91. The van der Waals surface area contributed by atoms with Crippen molar-refractivity contribution in [1.82, 2.24) is 0 Å². The molecule has 0 rings (SSSR count). The Morgan fingerprint density at radius 2 is 2.20 bits per heavy atom. The molecule has 31 valence electrons. The van der Waals surface area contributed by atoms with Crippen molar-refractivity contribution < 1.29 is 9.50 Å². The van der Waals surface area contributed by atoms with Gasteiger partial charge in [0.25, 0.3) is 0 Å². The van der Waals surface area contributed by atoms with E-state index in [0.29, 0.717) is 0 Å². The summed E-state index contributed by atoms with van der Waals surface area (Å²) in [5.41, 5.74) is -1.70. The Morgan fingerprint density at radius 3 is 2.20 bits per heavy atom. The van der Waals surface area contributed by atoms with E-state index in [4.69, 9.17) is 5.11 Å². The minimum Gasteiger partial charge on any atom is -0.232 e. The highest BCUT2D eigenvalue weighted by atomic mass is 35.5. The fraction of sp³-hybridized carbons (Fsp3) is 1.00. The van der Waals surface area contributed by atoms with Gasteiger partial charge in [-0.3, -0.25) is 0 Å². The number of hydrogen-bond donors (Lipinski definition) is 0. The summed E-state index contributed by atoms with van der Waals surface area (Å²) in [6, 6.07) is 0. The second-order valence-corrected chi connectivity index (χ2v) is 1.03. The molecular formula is C2H3ClFO. The molecule has 0 aromatic carbocycles. The normalized spacial score (nSPS) is 15.0. The van der Waals surface area contributed by atoms with Crippen LogP contribution < -0.4 is 0 Å². The van der Waals surface area contributed by atoms with Gasteiger partial charge in [-0.05, 0) is 0 Å². The predicted molar refractivity (Wildman–Crippen MR) is 16.3 cm³/mol. The lowest BCUT2D eigenvalue weighted by Crippen LogP contribution is -1.90. The Kier molecular flexibility index (Phi) is 2.51. The van der Waals surface area contributed by atoms with Crippen LogP contribution in [0, 0.1) is 0 Å². The van der Waals surface area contributed by atoms with E-state index in [-0.39, 0.29) is 0 Å². The maximum atomic E-state index is 10.9. The molecule has 0 amide bonds. The second-order valence-electron chi connectivity index (χ2n) is 0.558. The lowest BCUT2D eigenvalue weighted by Gasteiger charge is -1.80. The first-order valence-electron chi connectivity index (χ1n) is 1.13. The predicted octanol–water partition coefficient (Wildman–Crippen LogP) is 0.951. The first-order valence-corrected chi connectivity index (χ1v) is 1.57. The molecule has 0 aliphatic heterocycles. The van der Waals surface area contributed by atoms with Crippen molar-refractivity contribution in [1.29, 1.82) is 0 Å². The molecule has 0 saturated heterocycles. The monoisotopic (exact) mass is 97.0 g/mol. The third kappa shape index (κ3) is 4.18. The molecule has 1 unspecified atom stereocenters.